The normalized spacial score (nSPS) is 17.6. The molecule has 0 saturated carbocycles. The average Bonchev–Trinajstić information content (AvgIpc) is 3.09. The van der Waals surface area contributed by atoms with Crippen molar-refractivity contribution in [3.63, 3.8) is 0 Å². The smallest absolute Gasteiger partial charge is 0.270 e. The molecule has 1 saturated heterocycles. The zero-order valence-corrected chi connectivity index (χ0v) is 18.6. The lowest BCUT2D eigenvalue weighted by molar-refractivity contribution is -0.132. The molecule has 10 heteroatoms. The third-order valence-corrected chi connectivity index (χ3v) is 6.98. The fraction of sp³-hybridized carbons (Fsp3) is 0.524. The second kappa shape index (κ2) is 9.29. The Morgan fingerprint density at radius 2 is 2.16 bits per heavy atom. The van der Waals surface area contributed by atoms with Crippen molar-refractivity contribution in [1.82, 2.24) is 25.1 Å². The maximum Gasteiger partial charge on any atom is 0.270 e. The molecule has 0 aliphatic carbocycles. The number of rotatable bonds is 7. The minimum atomic E-state index is -0.656. The van der Waals surface area contributed by atoms with E-state index in [0.717, 1.165) is 19.5 Å². The molecular formula is C21H28N6O3S. The minimum absolute atomic E-state index is 0.0508. The molecule has 3 N–H and O–H groups in total. The number of nitrogens with one attached hydrogen (secondary N) is 2. The van der Waals surface area contributed by atoms with Gasteiger partial charge in [-0.25, -0.2) is 9.97 Å². The first-order valence-electron chi connectivity index (χ1n) is 10.5. The van der Waals surface area contributed by atoms with E-state index in [1.807, 2.05) is 11.3 Å². The van der Waals surface area contributed by atoms with Gasteiger partial charge in [0.1, 0.15) is 17.8 Å². The van der Waals surface area contributed by atoms with Crippen LogP contribution in [-0.4, -0.2) is 81.6 Å². The Labute approximate surface area is 185 Å². The number of thiophene rings is 1. The SMILES string of the molecule is CC(=O)N1CC(Nc2cc(C(=O)NC[C@H](O)CN3CCc4scc(C)c4C3)ncn2)C1. The molecule has 0 radical (unpaired) electrons. The zero-order chi connectivity index (χ0) is 22.0. The number of amides is 2. The molecule has 1 atom stereocenters. The van der Waals surface area contributed by atoms with Crippen molar-refractivity contribution in [3.8, 4) is 0 Å². The average molecular weight is 445 g/mol. The number of likely N-dealkylation sites (tertiary alicyclic amines) is 1. The highest BCUT2D eigenvalue weighted by Gasteiger charge is 2.28. The van der Waals surface area contributed by atoms with E-state index in [4.69, 9.17) is 0 Å². The highest BCUT2D eigenvalue weighted by molar-refractivity contribution is 7.10. The monoisotopic (exact) mass is 444 g/mol. The maximum atomic E-state index is 12.5. The summed E-state index contributed by atoms with van der Waals surface area (Å²) in [5.41, 5.74) is 2.94. The Hall–Kier alpha value is -2.56. The molecule has 1 fully saturated rings. The van der Waals surface area contributed by atoms with Gasteiger partial charge in [-0.15, -0.1) is 11.3 Å². The van der Waals surface area contributed by atoms with Gasteiger partial charge >= 0.3 is 0 Å². The predicted octanol–water partition coefficient (Wildman–Crippen LogP) is 0.638. The van der Waals surface area contributed by atoms with Crippen molar-refractivity contribution in [1.29, 1.82) is 0 Å². The van der Waals surface area contributed by atoms with Crippen LogP contribution in [0.3, 0.4) is 0 Å². The summed E-state index contributed by atoms with van der Waals surface area (Å²) in [4.78, 5) is 37.3. The van der Waals surface area contributed by atoms with Crippen LogP contribution >= 0.6 is 11.3 Å². The molecule has 4 rings (SSSR count). The molecule has 0 spiro atoms. The summed E-state index contributed by atoms with van der Waals surface area (Å²) in [5, 5.41) is 18.6. The van der Waals surface area contributed by atoms with Gasteiger partial charge in [0, 0.05) is 57.1 Å². The van der Waals surface area contributed by atoms with Crippen molar-refractivity contribution in [2.75, 3.05) is 38.0 Å². The number of carbonyl (C=O) groups excluding carboxylic acids is 2. The number of aliphatic hydroxyl groups excluding tert-OH is 1. The van der Waals surface area contributed by atoms with E-state index in [2.05, 4.69) is 37.8 Å². The van der Waals surface area contributed by atoms with Gasteiger partial charge in [-0.2, -0.15) is 0 Å². The van der Waals surface area contributed by atoms with Crippen LogP contribution in [0.2, 0.25) is 0 Å². The predicted molar refractivity (Wildman–Crippen MR) is 118 cm³/mol. The van der Waals surface area contributed by atoms with Gasteiger partial charge in [0.05, 0.1) is 12.1 Å². The van der Waals surface area contributed by atoms with Crippen LogP contribution < -0.4 is 10.6 Å². The number of fused-ring (bicyclic) bond motifs is 1. The molecule has 2 amide bonds. The molecule has 166 valence electrons. The number of aryl methyl sites for hydroxylation is 1. The van der Waals surface area contributed by atoms with Crippen LogP contribution in [0.5, 0.6) is 0 Å². The summed E-state index contributed by atoms with van der Waals surface area (Å²) >= 11 is 1.82. The van der Waals surface area contributed by atoms with Gasteiger partial charge in [-0.1, -0.05) is 0 Å². The number of aromatic nitrogens is 2. The topological polar surface area (TPSA) is 111 Å². The lowest BCUT2D eigenvalue weighted by Gasteiger charge is -2.39. The number of anilines is 1. The molecule has 0 aromatic carbocycles. The third-order valence-electron chi connectivity index (χ3n) is 5.77. The molecule has 2 aliphatic heterocycles. The van der Waals surface area contributed by atoms with E-state index >= 15 is 0 Å². The van der Waals surface area contributed by atoms with Crippen LogP contribution in [0.4, 0.5) is 5.82 Å². The van der Waals surface area contributed by atoms with E-state index < -0.39 is 6.10 Å². The maximum absolute atomic E-state index is 12.5. The highest BCUT2D eigenvalue weighted by Crippen LogP contribution is 2.27. The van der Waals surface area contributed by atoms with Crippen molar-refractivity contribution < 1.29 is 14.7 Å². The molecule has 0 unspecified atom stereocenters. The largest absolute Gasteiger partial charge is 0.390 e. The zero-order valence-electron chi connectivity index (χ0n) is 17.8. The first kappa shape index (κ1) is 21.7. The number of hydrogen-bond donors (Lipinski definition) is 3. The second-order valence-electron chi connectivity index (χ2n) is 8.22. The van der Waals surface area contributed by atoms with E-state index in [1.165, 1.54) is 22.3 Å². The summed E-state index contributed by atoms with van der Waals surface area (Å²) in [6.45, 7) is 7.35. The number of nitrogens with zero attached hydrogens (tertiary/aromatic N) is 4. The first-order valence-corrected chi connectivity index (χ1v) is 11.4. The van der Waals surface area contributed by atoms with Gasteiger partial charge in [0.25, 0.3) is 5.91 Å². The van der Waals surface area contributed by atoms with Crippen molar-refractivity contribution >= 4 is 29.0 Å². The van der Waals surface area contributed by atoms with E-state index in [-0.39, 0.29) is 30.1 Å². The molecular weight excluding hydrogens is 416 g/mol. The Morgan fingerprint density at radius 3 is 2.94 bits per heavy atom. The fourth-order valence-electron chi connectivity index (χ4n) is 3.92. The van der Waals surface area contributed by atoms with Crippen LogP contribution in [0.1, 0.15) is 33.4 Å². The lowest BCUT2D eigenvalue weighted by Crippen LogP contribution is -2.56. The summed E-state index contributed by atoms with van der Waals surface area (Å²) in [5.74, 6) is 0.247. The fourth-order valence-corrected chi connectivity index (χ4v) is 4.96. The van der Waals surface area contributed by atoms with Gasteiger partial charge in [-0.05, 0) is 29.9 Å². The van der Waals surface area contributed by atoms with Crippen LogP contribution in [0, 0.1) is 6.92 Å². The van der Waals surface area contributed by atoms with E-state index in [1.54, 1.807) is 17.9 Å². The van der Waals surface area contributed by atoms with Crippen molar-refractivity contribution in [2.24, 2.45) is 0 Å². The number of hydrogen-bond acceptors (Lipinski definition) is 8. The molecule has 4 heterocycles. The molecule has 2 aliphatic rings. The quantitative estimate of drug-likeness (QED) is 0.575. The van der Waals surface area contributed by atoms with Gasteiger partial charge in [-0.3, -0.25) is 14.5 Å². The third kappa shape index (κ3) is 5.20. The van der Waals surface area contributed by atoms with Gasteiger partial charge in [0.2, 0.25) is 5.91 Å². The van der Waals surface area contributed by atoms with Crippen molar-refractivity contribution in [2.45, 2.75) is 39.0 Å². The Morgan fingerprint density at radius 1 is 1.35 bits per heavy atom. The second-order valence-corrected chi connectivity index (χ2v) is 9.19. The molecule has 2 aromatic rings. The molecule has 9 nitrogen and oxygen atoms in total. The van der Waals surface area contributed by atoms with Crippen LogP contribution in [0.15, 0.2) is 17.8 Å². The lowest BCUT2D eigenvalue weighted by atomic mass is 10.1. The van der Waals surface area contributed by atoms with Crippen molar-refractivity contribution in [3.05, 3.63) is 39.5 Å². The van der Waals surface area contributed by atoms with E-state index in [0.29, 0.717) is 25.5 Å². The van der Waals surface area contributed by atoms with Gasteiger partial charge < -0.3 is 20.6 Å². The number of carbonyl (C=O) groups is 2. The van der Waals surface area contributed by atoms with Crippen LogP contribution in [0.25, 0.3) is 0 Å². The standard InChI is InChI=1S/C21H28N6O3S/c1-13-11-31-19-3-4-26(10-17(13)19)9-16(29)6-22-21(30)18-5-20(24-12-23-18)25-15-7-27(8-15)14(2)28/h5,11-12,15-16,29H,3-4,6-10H2,1-2H3,(H,22,30)(H,23,24,25)/t16-/m0/s1. The highest BCUT2D eigenvalue weighted by atomic mass is 32.1. The molecule has 31 heavy (non-hydrogen) atoms. The summed E-state index contributed by atoms with van der Waals surface area (Å²) in [7, 11) is 0. The first-order chi connectivity index (χ1) is 14.9. The molecule has 0 bridgehead atoms. The Kier molecular flexibility index (Phi) is 6.49. The minimum Gasteiger partial charge on any atom is -0.390 e. The van der Waals surface area contributed by atoms with E-state index in [9.17, 15) is 14.7 Å². The summed E-state index contributed by atoms with van der Waals surface area (Å²) in [6, 6.07) is 1.71. The van der Waals surface area contributed by atoms with Gasteiger partial charge in [0.15, 0.2) is 0 Å². The summed E-state index contributed by atoms with van der Waals surface area (Å²) in [6.07, 6.45) is 1.69. The Balaban J connectivity index is 1.23. The number of aliphatic hydroxyl groups is 1. The van der Waals surface area contributed by atoms with Crippen LogP contribution in [-0.2, 0) is 17.8 Å². The summed E-state index contributed by atoms with van der Waals surface area (Å²) < 4.78 is 0. The Bertz CT molecular complexity index is 958. The number of β-amino-alcohol motifs (C(OH)–C–C–N with tert-alkyl or cyclic N) is 1. The molecule has 2 aromatic heterocycles.